The second kappa shape index (κ2) is 8.93. The second-order valence-corrected chi connectivity index (χ2v) is 6.86. The molecule has 3 atom stereocenters. The van der Waals surface area contributed by atoms with E-state index in [2.05, 4.69) is 15.3 Å². The number of carboxylic acid groups (broad SMARTS) is 1. The van der Waals surface area contributed by atoms with Crippen LogP contribution < -0.4 is 0 Å². The van der Waals surface area contributed by atoms with Crippen molar-refractivity contribution in [3.8, 4) is 0 Å². The monoisotopic (exact) mass is 382 g/mol. The fraction of sp³-hybridized carbons (Fsp3) is 0.733. The van der Waals surface area contributed by atoms with Crippen molar-refractivity contribution in [1.29, 1.82) is 0 Å². The van der Waals surface area contributed by atoms with Crippen LogP contribution in [0.25, 0.3) is 0 Å². The average molecular weight is 382 g/mol. The molecule has 2 fully saturated rings. The predicted octanol–water partition coefficient (Wildman–Crippen LogP) is 2.54. The highest BCUT2D eigenvalue weighted by atomic mass is 32.1. The van der Waals surface area contributed by atoms with Crippen LogP contribution in [0.1, 0.15) is 24.3 Å². The van der Waals surface area contributed by atoms with Gasteiger partial charge in [0.25, 0.3) is 0 Å². The number of thiazole rings is 1. The van der Waals surface area contributed by atoms with Gasteiger partial charge in [0.05, 0.1) is 25.4 Å². The average Bonchev–Trinajstić information content (AvgIpc) is 3.18. The summed E-state index contributed by atoms with van der Waals surface area (Å²) >= 11 is 1.74. The molecule has 3 rings (SSSR count). The molecule has 0 unspecified atom stereocenters. The highest BCUT2D eigenvalue weighted by Crippen LogP contribution is 2.32. The summed E-state index contributed by atoms with van der Waals surface area (Å²) in [5.74, 6) is -2.76. The summed E-state index contributed by atoms with van der Waals surface area (Å²) in [7, 11) is 1.75. The third-order valence-electron chi connectivity index (χ3n) is 4.17. The van der Waals surface area contributed by atoms with Gasteiger partial charge in [0.2, 0.25) is 0 Å². The first-order valence-corrected chi connectivity index (χ1v) is 8.76. The van der Waals surface area contributed by atoms with Crippen LogP contribution in [0.5, 0.6) is 0 Å². The molecule has 6 nitrogen and oxygen atoms in total. The second-order valence-electron chi connectivity index (χ2n) is 5.88. The standard InChI is InChI=1S/C13H20N2O2S.C2HF3O2/c1-16-9-10-2-3-11-12(17-10)4-6-15(11)8-13-14-5-7-18-13;3-2(4,5)1(6)7/h5,7,10-12H,2-4,6,8-9H2,1H3;(H,6,7)/t10-,11-,12-;/m0./s1. The quantitative estimate of drug-likeness (QED) is 0.863. The topological polar surface area (TPSA) is 71.9 Å². The van der Waals surface area contributed by atoms with Gasteiger partial charge in [0.1, 0.15) is 5.01 Å². The van der Waals surface area contributed by atoms with Crippen LogP contribution in [0.4, 0.5) is 13.2 Å². The van der Waals surface area contributed by atoms with E-state index in [4.69, 9.17) is 19.4 Å². The van der Waals surface area contributed by atoms with E-state index in [0.717, 1.165) is 32.5 Å². The number of carbonyl (C=O) groups is 1. The van der Waals surface area contributed by atoms with E-state index in [1.807, 2.05) is 6.20 Å². The molecule has 142 valence electrons. The molecule has 1 N–H and O–H groups in total. The molecule has 25 heavy (non-hydrogen) atoms. The Bertz CT molecular complexity index is 541. The highest BCUT2D eigenvalue weighted by Gasteiger charge is 2.40. The fourth-order valence-corrected chi connectivity index (χ4v) is 3.74. The zero-order valence-electron chi connectivity index (χ0n) is 13.7. The maximum absolute atomic E-state index is 10.6. The Balaban J connectivity index is 0.000000277. The van der Waals surface area contributed by atoms with Crippen LogP contribution >= 0.6 is 11.3 Å². The van der Waals surface area contributed by atoms with Gasteiger partial charge in [-0.2, -0.15) is 13.2 Å². The molecular formula is C15H21F3N2O4S. The number of hydrogen-bond acceptors (Lipinski definition) is 6. The lowest BCUT2D eigenvalue weighted by atomic mass is 9.99. The van der Waals surface area contributed by atoms with E-state index in [1.165, 1.54) is 11.4 Å². The number of aromatic nitrogens is 1. The number of likely N-dealkylation sites (tertiary alicyclic amines) is 1. The zero-order chi connectivity index (χ0) is 18.4. The number of halogens is 3. The minimum Gasteiger partial charge on any atom is -0.475 e. The van der Waals surface area contributed by atoms with E-state index >= 15 is 0 Å². The molecule has 0 bridgehead atoms. The minimum atomic E-state index is -5.08. The molecule has 0 aromatic carbocycles. The van der Waals surface area contributed by atoms with Gasteiger partial charge < -0.3 is 14.6 Å². The molecule has 0 aliphatic carbocycles. The first kappa shape index (κ1) is 20.1. The Hall–Kier alpha value is -1.23. The van der Waals surface area contributed by atoms with Crippen LogP contribution in [0.15, 0.2) is 11.6 Å². The normalized spacial score (nSPS) is 26.6. The molecule has 0 spiro atoms. The Morgan fingerprint density at radius 2 is 2.20 bits per heavy atom. The lowest BCUT2D eigenvalue weighted by Crippen LogP contribution is -2.43. The maximum atomic E-state index is 10.6. The molecule has 0 radical (unpaired) electrons. The van der Waals surface area contributed by atoms with Crippen LogP contribution in [0, 0.1) is 0 Å². The van der Waals surface area contributed by atoms with Crippen molar-refractivity contribution in [2.75, 3.05) is 20.3 Å². The molecule has 2 aliphatic heterocycles. The van der Waals surface area contributed by atoms with Gasteiger partial charge in [-0.05, 0) is 19.3 Å². The van der Waals surface area contributed by atoms with Gasteiger partial charge in [-0.15, -0.1) is 11.3 Å². The summed E-state index contributed by atoms with van der Waals surface area (Å²) in [6, 6.07) is 0.585. The summed E-state index contributed by atoms with van der Waals surface area (Å²) in [6.45, 7) is 2.85. The minimum absolute atomic E-state index is 0.302. The van der Waals surface area contributed by atoms with Gasteiger partial charge in [-0.3, -0.25) is 4.90 Å². The van der Waals surface area contributed by atoms with Crippen LogP contribution in [0.2, 0.25) is 0 Å². The summed E-state index contributed by atoms with van der Waals surface area (Å²) in [5.41, 5.74) is 0. The van der Waals surface area contributed by atoms with Crippen LogP contribution in [0.3, 0.4) is 0 Å². The van der Waals surface area contributed by atoms with Crippen molar-refractivity contribution in [2.24, 2.45) is 0 Å². The molecule has 0 amide bonds. The molecule has 0 saturated carbocycles. The lowest BCUT2D eigenvalue weighted by Gasteiger charge is -2.35. The number of fused-ring (bicyclic) bond motifs is 1. The summed E-state index contributed by atoms with van der Waals surface area (Å²) < 4.78 is 43.0. The van der Waals surface area contributed by atoms with Gasteiger partial charge in [0.15, 0.2) is 0 Å². The zero-order valence-corrected chi connectivity index (χ0v) is 14.6. The first-order chi connectivity index (χ1) is 11.8. The first-order valence-electron chi connectivity index (χ1n) is 7.88. The molecule has 3 heterocycles. The third kappa shape index (κ3) is 5.91. The van der Waals surface area contributed by atoms with Crippen molar-refractivity contribution in [3.63, 3.8) is 0 Å². The number of aliphatic carboxylic acids is 1. The van der Waals surface area contributed by atoms with E-state index < -0.39 is 12.1 Å². The predicted molar refractivity (Wildman–Crippen MR) is 84.4 cm³/mol. The maximum Gasteiger partial charge on any atom is 0.490 e. The van der Waals surface area contributed by atoms with Gasteiger partial charge in [-0.1, -0.05) is 0 Å². The number of hydrogen-bond donors (Lipinski definition) is 1. The lowest BCUT2D eigenvalue weighted by molar-refractivity contribution is -0.192. The molecular weight excluding hydrogens is 361 g/mol. The number of nitrogens with zero attached hydrogens (tertiary/aromatic N) is 2. The Morgan fingerprint density at radius 3 is 2.76 bits per heavy atom. The molecule has 2 aliphatic rings. The van der Waals surface area contributed by atoms with E-state index in [-0.39, 0.29) is 0 Å². The van der Waals surface area contributed by atoms with Crippen molar-refractivity contribution in [1.82, 2.24) is 9.88 Å². The van der Waals surface area contributed by atoms with Crippen molar-refractivity contribution < 1.29 is 32.5 Å². The largest absolute Gasteiger partial charge is 0.490 e. The van der Waals surface area contributed by atoms with Crippen molar-refractivity contribution >= 4 is 17.3 Å². The summed E-state index contributed by atoms with van der Waals surface area (Å²) in [6.07, 6.45) is 0.999. The van der Waals surface area contributed by atoms with Gasteiger partial charge >= 0.3 is 12.1 Å². The Labute approximate surface area is 147 Å². The smallest absolute Gasteiger partial charge is 0.475 e. The van der Waals surface area contributed by atoms with Gasteiger partial charge in [-0.25, -0.2) is 9.78 Å². The molecule has 2 saturated heterocycles. The van der Waals surface area contributed by atoms with Crippen molar-refractivity contribution in [3.05, 3.63) is 16.6 Å². The molecule has 10 heteroatoms. The number of carboxylic acids is 1. The number of ether oxygens (including phenoxy) is 2. The number of methoxy groups -OCH3 is 1. The van der Waals surface area contributed by atoms with Crippen molar-refractivity contribution in [2.45, 2.75) is 50.2 Å². The van der Waals surface area contributed by atoms with Gasteiger partial charge in [0, 0.05) is 31.3 Å². The molecule has 1 aromatic heterocycles. The highest BCUT2D eigenvalue weighted by molar-refractivity contribution is 7.09. The number of rotatable bonds is 4. The summed E-state index contributed by atoms with van der Waals surface area (Å²) in [4.78, 5) is 15.8. The van der Waals surface area contributed by atoms with E-state index in [1.54, 1.807) is 18.4 Å². The van der Waals surface area contributed by atoms with Crippen LogP contribution in [-0.4, -0.2) is 65.6 Å². The SMILES string of the molecule is COC[C@@H]1CC[C@H]2[C@H](CCN2Cc2nccs2)O1.O=C(O)C(F)(F)F. The molecule has 1 aromatic rings. The van der Waals surface area contributed by atoms with E-state index in [0.29, 0.717) is 18.2 Å². The summed E-state index contributed by atoms with van der Waals surface area (Å²) in [5, 5.41) is 10.4. The Morgan fingerprint density at radius 1 is 1.48 bits per heavy atom. The fourth-order valence-electron chi connectivity index (χ4n) is 3.10. The third-order valence-corrected chi connectivity index (χ3v) is 4.93. The van der Waals surface area contributed by atoms with Crippen LogP contribution in [-0.2, 0) is 20.8 Å². The number of alkyl halides is 3. The Kier molecular flexibility index (Phi) is 7.17. The van der Waals surface area contributed by atoms with E-state index in [9.17, 15) is 13.2 Å².